The van der Waals surface area contributed by atoms with Crippen molar-refractivity contribution in [3.05, 3.63) is 117 Å². The number of fused-ring (bicyclic) bond motifs is 3. The summed E-state index contributed by atoms with van der Waals surface area (Å²) in [4.78, 5) is 38.4. The van der Waals surface area contributed by atoms with Gasteiger partial charge in [0.15, 0.2) is 5.65 Å². The Morgan fingerprint density at radius 1 is 0.951 bits per heavy atom. The Labute approximate surface area is 236 Å². The van der Waals surface area contributed by atoms with Crippen LogP contribution in [0.4, 0.5) is 0 Å². The van der Waals surface area contributed by atoms with Crippen LogP contribution in [0.1, 0.15) is 52.8 Å². The molecule has 3 aromatic carbocycles. The van der Waals surface area contributed by atoms with Gasteiger partial charge in [0.2, 0.25) is 0 Å². The van der Waals surface area contributed by atoms with E-state index in [-0.39, 0.29) is 18.0 Å². The number of benzene rings is 3. The zero-order valence-corrected chi connectivity index (χ0v) is 23.3. The minimum Gasteiger partial charge on any atom is -0.334 e. The zero-order chi connectivity index (χ0) is 28.2. The summed E-state index contributed by atoms with van der Waals surface area (Å²) in [5, 5.41) is 3.18. The van der Waals surface area contributed by atoms with Gasteiger partial charge in [-0.3, -0.25) is 19.3 Å². The minimum absolute atomic E-state index is 0.119. The molecule has 1 aliphatic heterocycles. The van der Waals surface area contributed by atoms with Crippen molar-refractivity contribution in [3.63, 3.8) is 0 Å². The van der Waals surface area contributed by atoms with Crippen molar-refractivity contribution in [2.75, 3.05) is 6.54 Å². The fourth-order valence-electron chi connectivity index (χ4n) is 5.77. The number of carbonyl (C=O) groups excluding carboxylic acids is 1. The topological polar surface area (TPSA) is 88.3 Å². The molecule has 0 aliphatic carbocycles. The number of rotatable bonds is 4. The molecular weight excluding hydrogens is 512 g/mol. The number of aromatic nitrogens is 5. The molecule has 41 heavy (non-hydrogen) atoms. The maximum absolute atomic E-state index is 13.6. The Hall–Kier alpha value is -4.98. The fourth-order valence-corrected chi connectivity index (χ4v) is 5.77. The maximum atomic E-state index is 13.6. The highest BCUT2D eigenvalue weighted by molar-refractivity contribution is 5.97. The van der Waals surface area contributed by atoms with Crippen LogP contribution >= 0.6 is 0 Å². The standard InChI is InChI=1S/C33H30N6O2/c1-20(2)22-9-12-25(13-10-22)38-21(3)34-29-17-24(11-14-30(29)38)32(40)37-16-15-27-26(19-37)33(41)39-31(35-27)18-28(36-39)23-7-5-4-6-8-23/h4-14,17-18,20,36H,15-16,19H2,1-3H3. The van der Waals surface area contributed by atoms with Gasteiger partial charge in [0, 0.05) is 30.3 Å². The average Bonchev–Trinajstić information content (AvgIpc) is 3.57. The van der Waals surface area contributed by atoms with Crippen LogP contribution in [0, 0.1) is 6.92 Å². The van der Waals surface area contributed by atoms with E-state index >= 15 is 0 Å². The number of aryl methyl sites for hydroxylation is 1. The Kier molecular flexibility index (Phi) is 5.85. The van der Waals surface area contributed by atoms with Gasteiger partial charge in [0.05, 0.1) is 34.5 Å². The molecule has 8 heteroatoms. The molecule has 1 amide bonds. The molecule has 8 nitrogen and oxygen atoms in total. The van der Waals surface area contributed by atoms with Crippen molar-refractivity contribution < 1.29 is 4.79 Å². The average molecular weight is 543 g/mol. The lowest BCUT2D eigenvalue weighted by Crippen LogP contribution is -2.40. The number of aromatic amines is 1. The second-order valence-corrected chi connectivity index (χ2v) is 11.0. The first-order valence-electron chi connectivity index (χ1n) is 13.9. The third kappa shape index (κ3) is 4.23. The van der Waals surface area contributed by atoms with Gasteiger partial charge >= 0.3 is 0 Å². The molecule has 7 rings (SSSR count). The molecule has 204 valence electrons. The van der Waals surface area contributed by atoms with Crippen LogP contribution in [-0.4, -0.2) is 41.5 Å². The summed E-state index contributed by atoms with van der Waals surface area (Å²) >= 11 is 0. The summed E-state index contributed by atoms with van der Waals surface area (Å²) in [5.41, 5.74) is 8.13. The summed E-state index contributed by atoms with van der Waals surface area (Å²) in [6.07, 6.45) is 0.529. The smallest absolute Gasteiger partial charge is 0.277 e. The molecule has 3 aromatic heterocycles. The van der Waals surface area contributed by atoms with Crippen molar-refractivity contribution in [1.29, 1.82) is 0 Å². The van der Waals surface area contributed by atoms with E-state index < -0.39 is 0 Å². The zero-order valence-electron chi connectivity index (χ0n) is 23.3. The van der Waals surface area contributed by atoms with Gasteiger partial charge in [-0.15, -0.1) is 0 Å². The molecule has 0 atom stereocenters. The quantitative estimate of drug-likeness (QED) is 0.311. The third-order valence-corrected chi connectivity index (χ3v) is 8.02. The molecule has 0 radical (unpaired) electrons. The molecule has 0 unspecified atom stereocenters. The molecular formula is C33H30N6O2. The molecule has 0 bridgehead atoms. The summed E-state index contributed by atoms with van der Waals surface area (Å²) in [5.74, 6) is 1.21. The van der Waals surface area contributed by atoms with E-state index in [1.165, 1.54) is 10.1 Å². The van der Waals surface area contributed by atoms with Crippen LogP contribution in [0.25, 0.3) is 33.6 Å². The van der Waals surface area contributed by atoms with E-state index in [1.807, 2.05) is 61.5 Å². The summed E-state index contributed by atoms with van der Waals surface area (Å²) in [7, 11) is 0. The monoisotopic (exact) mass is 542 g/mol. The van der Waals surface area contributed by atoms with Gasteiger partial charge < -0.3 is 4.90 Å². The van der Waals surface area contributed by atoms with Crippen LogP contribution in [0.2, 0.25) is 0 Å². The van der Waals surface area contributed by atoms with Crippen molar-refractivity contribution in [3.8, 4) is 16.9 Å². The van der Waals surface area contributed by atoms with Gasteiger partial charge in [-0.05, 0) is 54.3 Å². The lowest BCUT2D eigenvalue weighted by Gasteiger charge is -2.27. The fraction of sp³-hybridized carbons (Fsp3) is 0.212. The minimum atomic E-state index is -0.169. The highest BCUT2D eigenvalue weighted by Crippen LogP contribution is 2.26. The Bertz CT molecular complexity index is 2000. The third-order valence-electron chi connectivity index (χ3n) is 8.02. The molecule has 6 aromatic rings. The number of hydrogen-bond acceptors (Lipinski definition) is 4. The second kappa shape index (κ2) is 9.59. The van der Waals surface area contributed by atoms with Crippen molar-refractivity contribution in [2.45, 2.75) is 39.7 Å². The lowest BCUT2D eigenvalue weighted by molar-refractivity contribution is 0.0732. The number of hydrogen-bond donors (Lipinski definition) is 1. The molecule has 1 aliphatic rings. The van der Waals surface area contributed by atoms with E-state index in [0.29, 0.717) is 35.7 Å². The first-order chi connectivity index (χ1) is 19.9. The first-order valence-corrected chi connectivity index (χ1v) is 13.9. The van der Waals surface area contributed by atoms with E-state index in [4.69, 9.17) is 9.97 Å². The summed E-state index contributed by atoms with van der Waals surface area (Å²) in [6.45, 7) is 7.06. The van der Waals surface area contributed by atoms with Crippen molar-refractivity contribution >= 4 is 22.6 Å². The second-order valence-electron chi connectivity index (χ2n) is 11.0. The van der Waals surface area contributed by atoms with Crippen LogP contribution in [-0.2, 0) is 13.0 Å². The first kappa shape index (κ1) is 25.0. The molecule has 1 N–H and O–H groups in total. The highest BCUT2D eigenvalue weighted by Gasteiger charge is 2.27. The van der Waals surface area contributed by atoms with Gasteiger partial charge in [-0.25, -0.2) is 14.5 Å². The molecule has 4 heterocycles. The summed E-state index contributed by atoms with van der Waals surface area (Å²) in [6, 6.07) is 25.9. The van der Waals surface area contributed by atoms with Gasteiger partial charge in [0.25, 0.3) is 11.5 Å². The molecule has 0 spiro atoms. The van der Waals surface area contributed by atoms with Crippen LogP contribution < -0.4 is 5.56 Å². The normalized spacial score (nSPS) is 13.3. The summed E-state index contributed by atoms with van der Waals surface area (Å²) < 4.78 is 3.59. The highest BCUT2D eigenvalue weighted by atomic mass is 16.2. The van der Waals surface area contributed by atoms with E-state index in [2.05, 4.69) is 47.8 Å². The largest absolute Gasteiger partial charge is 0.334 e. The number of imidazole rings is 1. The van der Waals surface area contributed by atoms with Crippen LogP contribution in [0.3, 0.4) is 0 Å². The number of H-pyrrole nitrogens is 1. The van der Waals surface area contributed by atoms with Crippen LogP contribution in [0.5, 0.6) is 0 Å². The van der Waals surface area contributed by atoms with Crippen molar-refractivity contribution in [1.82, 2.24) is 29.0 Å². The van der Waals surface area contributed by atoms with Gasteiger partial charge in [0.1, 0.15) is 5.82 Å². The number of nitrogens with zero attached hydrogens (tertiary/aromatic N) is 5. The predicted octanol–water partition coefficient (Wildman–Crippen LogP) is 5.66. The Balaban J connectivity index is 1.18. The number of carbonyl (C=O) groups is 1. The molecule has 0 saturated heterocycles. The molecule has 0 saturated carbocycles. The number of nitrogens with one attached hydrogen (secondary N) is 1. The Morgan fingerprint density at radius 3 is 2.49 bits per heavy atom. The lowest BCUT2D eigenvalue weighted by atomic mass is 10.0. The Morgan fingerprint density at radius 2 is 1.73 bits per heavy atom. The van der Waals surface area contributed by atoms with E-state index in [1.54, 1.807) is 4.90 Å². The van der Waals surface area contributed by atoms with E-state index in [0.717, 1.165) is 39.5 Å². The van der Waals surface area contributed by atoms with Crippen molar-refractivity contribution in [2.24, 2.45) is 0 Å². The maximum Gasteiger partial charge on any atom is 0.277 e. The van der Waals surface area contributed by atoms with Gasteiger partial charge in [-0.2, -0.15) is 0 Å². The number of amides is 1. The van der Waals surface area contributed by atoms with E-state index in [9.17, 15) is 9.59 Å². The van der Waals surface area contributed by atoms with Gasteiger partial charge in [-0.1, -0.05) is 56.3 Å². The van der Waals surface area contributed by atoms with Crippen LogP contribution in [0.15, 0.2) is 83.7 Å². The molecule has 0 fully saturated rings. The SMILES string of the molecule is Cc1nc2cc(C(=O)N3CCc4nc5cc(-c6ccccc6)[nH]n5c(=O)c4C3)ccc2n1-c1ccc(C(C)C)cc1. The predicted molar refractivity (Wildman–Crippen MR) is 160 cm³/mol.